The van der Waals surface area contributed by atoms with Crippen molar-refractivity contribution in [1.29, 1.82) is 0 Å². The largest absolute Gasteiger partial charge is 0.421 e. The van der Waals surface area contributed by atoms with Gasteiger partial charge in [-0.2, -0.15) is 18.2 Å². The maximum Gasteiger partial charge on any atom is 0.421 e. The lowest BCUT2D eigenvalue weighted by Crippen LogP contribution is -2.32. The van der Waals surface area contributed by atoms with Gasteiger partial charge in [-0.05, 0) is 36.8 Å². The fourth-order valence-corrected chi connectivity index (χ4v) is 3.17. The van der Waals surface area contributed by atoms with E-state index in [1.54, 1.807) is 29.2 Å². The lowest BCUT2D eigenvalue weighted by atomic mass is 10.2. The first-order valence-corrected chi connectivity index (χ1v) is 9.42. The number of alkyl halides is 3. The number of carbonyl (C=O) groups excluding carboxylic acids is 2. The molecule has 1 saturated heterocycles. The predicted molar refractivity (Wildman–Crippen MR) is 110 cm³/mol. The number of nitrogens with zero attached hydrogens (tertiary/aromatic N) is 3. The van der Waals surface area contributed by atoms with E-state index < -0.39 is 11.7 Å². The normalized spacial score (nSPS) is 16.0. The summed E-state index contributed by atoms with van der Waals surface area (Å²) in [6, 6.07) is 6.27. The van der Waals surface area contributed by atoms with Gasteiger partial charge in [0.1, 0.15) is 11.4 Å². The molecule has 31 heavy (non-hydrogen) atoms. The molecule has 0 aliphatic carbocycles. The molecular formula is C20H21F3N6O2. The number of amides is 2. The molecule has 2 heterocycles. The third-order valence-electron chi connectivity index (χ3n) is 4.72. The molecule has 0 radical (unpaired) electrons. The first kappa shape index (κ1) is 22.1. The fraction of sp³-hybridized carbons (Fsp3) is 0.300. The Labute approximate surface area is 176 Å². The van der Waals surface area contributed by atoms with Crippen LogP contribution in [-0.2, 0) is 11.0 Å². The first-order chi connectivity index (χ1) is 14.7. The van der Waals surface area contributed by atoms with Gasteiger partial charge in [0.25, 0.3) is 5.91 Å². The zero-order chi connectivity index (χ0) is 22.6. The molecule has 1 unspecified atom stereocenters. The summed E-state index contributed by atoms with van der Waals surface area (Å²) >= 11 is 0. The maximum atomic E-state index is 13.0. The van der Waals surface area contributed by atoms with E-state index in [4.69, 9.17) is 0 Å². The van der Waals surface area contributed by atoms with E-state index in [0.717, 1.165) is 12.3 Å². The Bertz CT molecular complexity index is 978. The summed E-state index contributed by atoms with van der Waals surface area (Å²) in [6.45, 7) is 4.21. The summed E-state index contributed by atoms with van der Waals surface area (Å²) in [5, 5.41) is 8.02. The average Bonchev–Trinajstić information content (AvgIpc) is 3.21. The fourth-order valence-electron chi connectivity index (χ4n) is 3.17. The van der Waals surface area contributed by atoms with Crippen LogP contribution in [0.3, 0.4) is 0 Å². The Hall–Kier alpha value is -3.63. The number of benzene rings is 1. The molecule has 164 valence electrons. The number of aromatic nitrogens is 2. The molecular weight excluding hydrogens is 413 g/mol. The van der Waals surface area contributed by atoms with Crippen LogP contribution in [0.25, 0.3) is 0 Å². The van der Waals surface area contributed by atoms with Crippen LogP contribution >= 0.6 is 0 Å². The second kappa shape index (κ2) is 9.02. The highest BCUT2D eigenvalue weighted by atomic mass is 19.4. The molecule has 3 N–H and O–H groups in total. The summed E-state index contributed by atoms with van der Waals surface area (Å²) < 4.78 is 38.9. The van der Waals surface area contributed by atoms with Crippen LogP contribution in [0.1, 0.15) is 22.3 Å². The number of likely N-dealkylation sites (tertiary alicyclic amines) is 1. The molecule has 2 amide bonds. The van der Waals surface area contributed by atoms with Gasteiger partial charge in [0.15, 0.2) is 0 Å². The Morgan fingerprint density at radius 3 is 2.58 bits per heavy atom. The van der Waals surface area contributed by atoms with Gasteiger partial charge in [0, 0.05) is 43.6 Å². The summed E-state index contributed by atoms with van der Waals surface area (Å²) in [4.78, 5) is 33.3. The topological polar surface area (TPSA) is 99.3 Å². The Balaban J connectivity index is 1.62. The van der Waals surface area contributed by atoms with Gasteiger partial charge in [-0.25, -0.2) is 4.98 Å². The predicted octanol–water partition coefficient (Wildman–Crippen LogP) is 2.99. The van der Waals surface area contributed by atoms with Gasteiger partial charge in [-0.3, -0.25) is 9.59 Å². The minimum Gasteiger partial charge on any atom is -0.372 e. The number of hydrogen-bond acceptors (Lipinski definition) is 6. The highest BCUT2D eigenvalue weighted by molar-refractivity contribution is 5.99. The van der Waals surface area contributed by atoms with Crippen LogP contribution in [0, 0.1) is 0 Å². The van der Waals surface area contributed by atoms with Gasteiger partial charge in [0.2, 0.25) is 11.9 Å². The summed E-state index contributed by atoms with van der Waals surface area (Å²) in [5.41, 5.74) is 0.0548. The average molecular weight is 434 g/mol. The van der Waals surface area contributed by atoms with Crippen molar-refractivity contribution >= 4 is 29.3 Å². The molecule has 1 fully saturated rings. The summed E-state index contributed by atoms with van der Waals surface area (Å²) in [6.07, 6.45) is -2.09. The van der Waals surface area contributed by atoms with Crippen molar-refractivity contribution in [1.82, 2.24) is 14.9 Å². The molecule has 11 heteroatoms. The standard InChI is InChI=1S/C20H21F3N6O2/c1-3-16(30)26-13-6-4-12(5-7-13)18(31)29-9-8-14(11-29)27-19-25-10-15(20(21,22)23)17(24-2)28-19/h3-7,10,14H,1,8-9,11H2,2H3,(H,26,30)(H2,24,25,27,28). The minimum atomic E-state index is -4.56. The molecule has 0 saturated carbocycles. The molecule has 1 aromatic carbocycles. The molecule has 0 spiro atoms. The molecule has 8 nitrogen and oxygen atoms in total. The summed E-state index contributed by atoms with van der Waals surface area (Å²) in [7, 11) is 1.35. The van der Waals surface area contributed by atoms with E-state index in [1.165, 1.54) is 7.05 Å². The van der Waals surface area contributed by atoms with Crippen LogP contribution in [-0.4, -0.2) is 52.9 Å². The second-order valence-electron chi connectivity index (χ2n) is 6.86. The van der Waals surface area contributed by atoms with Crippen LogP contribution in [0.4, 0.5) is 30.6 Å². The van der Waals surface area contributed by atoms with E-state index in [-0.39, 0.29) is 29.6 Å². The smallest absolute Gasteiger partial charge is 0.372 e. The number of anilines is 3. The van der Waals surface area contributed by atoms with E-state index in [2.05, 4.69) is 32.5 Å². The Kier molecular flexibility index (Phi) is 6.42. The number of halogens is 3. The van der Waals surface area contributed by atoms with Gasteiger partial charge in [-0.15, -0.1) is 0 Å². The monoisotopic (exact) mass is 434 g/mol. The SMILES string of the molecule is C=CC(=O)Nc1ccc(C(=O)N2CCC(Nc3ncc(C(F)(F)F)c(NC)n3)C2)cc1. The van der Waals surface area contributed by atoms with E-state index in [0.29, 0.717) is 30.8 Å². The third kappa shape index (κ3) is 5.30. The van der Waals surface area contributed by atoms with Crippen LogP contribution in [0.15, 0.2) is 43.1 Å². The lowest BCUT2D eigenvalue weighted by Gasteiger charge is -2.18. The first-order valence-electron chi connectivity index (χ1n) is 9.42. The molecule has 3 rings (SSSR count). The van der Waals surface area contributed by atoms with Gasteiger partial charge < -0.3 is 20.9 Å². The van der Waals surface area contributed by atoms with Crippen molar-refractivity contribution in [3.8, 4) is 0 Å². The number of hydrogen-bond donors (Lipinski definition) is 3. The molecule has 1 atom stereocenters. The van der Waals surface area contributed by atoms with E-state index in [9.17, 15) is 22.8 Å². The quantitative estimate of drug-likeness (QED) is 0.605. The maximum absolute atomic E-state index is 13.0. The Morgan fingerprint density at radius 2 is 1.97 bits per heavy atom. The minimum absolute atomic E-state index is 0.0546. The van der Waals surface area contributed by atoms with Crippen LogP contribution in [0.5, 0.6) is 0 Å². The van der Waals surface area contributed by atoms with Crippen molar-refractivity contribution in [2.45, 2.75) is 18.6 Å². The van der Waals surface area contributed by atoms with Gasteiger partial charge >= 0.3 is 6.18 Å². The molecule has 1 aromatic heterocycles. The zero-order valence-electron chi connectivity index (χ0n) is 16.7. The number of nitrogens with one attached hydrogen (secondary N) is 3. The van der Waals surface area contributed by atoms with Crippen LogP contribution < -0.4 is 16.0 Å². The number of rotatable bonds is 6. The summed E-state index contributed by atoms with van der Waals surface area (Å²) in [5.74, 6) is -0.798. The molecule has 1 aliphatic rings. The van der Waals surface area contributed by atoms with Crippen molar-refractivity contribution in [3.63, 3.8) is 0 Å². The highest BCUT2D eigenvalue weighted by Gasteiger charge is 2.35. The van der Waals surface area contributed by atoms with Crippen molar-refractivity contribution in [2.24, 2.45) is 0 Å². The van der Waals surface area contributed by atoms with Crippen molar-refractivity contribution in [3.05, 3.63) is 54.2 Å². The van der Waals surface area contributed by atoms with Gasteiger partial charge in [0.05, 0.1) is 0 Å². The Morgan fingerprint density at radius 1 is 1.26 bits per heavy atom. The zero-order valence-corrected chi connectivity index (χ0v) is 16.7. The second-order valence-corrected chi connectivity index (χ2v) is 6.86. The highest BCUT2D eigenvalue weighted by Crippen LogP contribution is 2.33. The molecule has 1 aliphatic heterocycles. The van der Waals surface area contributed by atoms with Crippen molar-refractivity contribution in [2.75, 3.05) is 36.1 Å². The third-order valence-corrected chi connectivity index (χ3v) is 4.72. The van der Waals surface area contributed by atoms with E-state index in [1.807, 2.05) is 0 Å². The van der Waals surface area contributed by atoms with Crippen LogP contribution in [0.2, 0.25) is 0 Å². The van der Waals surface area contributed by atoms with Crippen molar-refractivity contribution < 1.29 is 22.8 Å². The molecule has 2 aromatic rings. The molecule has 0 bridgehead atoms. The number of carbonyl (C=O) groups is 2. The van der Waals surface area contributed by atoms with Gasteiger partial charge in [-0.1, -0.05) is 6.58 Å². The lowest BCUT2D eigenvalue weighted by molar-refractivity contribution is -0.137. The van der Waals surface area contributed by atoms with E-state index >= 15 is 0 Å².